The highest BCUT2D eigenvalue weighted by molar-refractivity contribution is 7.92. The Morgan fingerprint density at radius 3 is 2.33 bits per heavy atom. The van der Waals surface area contributed by atoms with Crippen LogP contribution >= 0.6 is 0 Å². The van der Waals surface area contributed by atoms with Crippen LogP contribution in [0.3, 0.4) is 0 Å². The molecule has 1 heterocycles. The number of piperazine rings is 1. The summed E-state index contributed by atoms with van der Waals surface area (Å²) < 4.78 is 24.2. The van der Waals surface area contributed by atoms with Crippen LogP contribution < -0.4 is 5.32 Å². The molecule has 0 aromatic rings. The van der Waals surface area contributed by atoms with Crippen molar-refractivity contribution in [3.05, 3.63) is 0 Å². The van der Waals surface area contributed by atoms with Gasteiger partial charge in [0.25, 0.3) is 0 Å². The van der Waals surface area contributed by atoms with Crippen LogP contribution in [0.4, 0.5) is 0 Å². The summed E-state index contributed by atoms with van der Waals surface area (Å²) in [5.41, 5.74) is 0.268. The second-order valence-electron chi connectivity index (χ2n) is 7.84. The van der Waals surface area contributed by atoms with Crippen molar-refractivity contribution in [1.82, 2.24) is 10.2 Å². The Kier molecular flexibility index (Phi) is 5.06. The number of nitrogens with zero attached hydrogens (tertiary/aromatic N) is 1. The third-order valence-electron chi connectivity index (χ3n) is 5.42. The molecule has 1 saturated heterocycles. The van der Waals surface area contributed by atoms with E-state index in [0.29, 0.717) is 6.54 Å². The van der Waals surface area contributed by atoms with Gasteiger partial charge in [0, 0.05) is 30.7 Å². The van der Waals surface area contributed by atoms with Crippen molar-refractivity contribution >= 4 is 9.84 Å². The van der Waals surface area contributed by atoms with Gasteiger partial charge in [-0.3, -0.25) is 4.90 Å². The predicted molar refractivity (Wildman–Crippen MR) is 88.4 cm³/mol. The van der Waals surface area contributed by atoms with Gasteiger partial charge in [-0.05, 0) is 40.5 Å². The van der Waals surface area contributed by atoms with E-state index in [0.717, 1.165) is 13.1 Å². The quantitative estimate of drug-likeness (QED) is 0.864. The molecule has 0 aromatic carbocycles. The molecule has 5 heteroatoms. The predicted octanol–water partition coefficient (Wildman–Crippen LogP) is 2.20. The van der Waals surface area contributed by atoms with Crippen LogP contribution in [0.1, 0.15) is 59.8 Å². The van der Waals surface area contributed by atoms with Crippen LogP contribution in [-0.4, -0.2) is 55.0 Å². The maximum absolute atomic E-state index is 12.1. The molecule has 0 bridgehead atoms. The lowest BCUT2D eigenvalue weighted by atomic mass is 9.78. The van der Waals surface area contributed by atoms with Gasteiger partial charge in [0.15, 0.2) is 9.84 Å². The van der Waals surface area contributed by atoms with E-state index < -0.39 is 9.84 Å². The first-order valence-corrected chi connectivity index (χ1v) is 10.1. The molecule has 1 aliphatic heterocycles. The van der Waals surface area contributed by atoms with Gasteiger partial charge in [0.1, 0.15) is 0 Å². The zero-order chi connectivity index (χ0) is 15.7. The summed E-state index contributed by atoms with van der Waals surface area (Å²) in [6.07, 6.45) is 6.40. The Morgan fingerprint density at radius 1 is 1.14 bits per heavy atom. The van der Waals surface area contributed by atoms with Crippen LogP contribution in [0.2, 0.25) is 0 Å². The Balaban J connectivity index is 2.04. The van der Waals surface area contributed by atoms with Crippen molar-refractivity contribution in [1.29, 1.82) is 0 Å². The topological polar surface area (TPSA) is 49.4 Å². The van der Waals surface area contributed by atoms with E-state index in [4.69, 9.17) is 0 Å². The Labute approximate surface area is 130 Å². The third-order valence-corrected chi connectivity index (χ3v) is 7.61. The molecule has 1 saturated carbocycles. The van der Waals surface area contributed by atoms with Gasteiger partial charge in [0.2, 0.25) is 0 Å². The molecule has 1 spiro atoms. The van der Waals surface area contributed by atoms with Crippen molar-refractivity contribution < 1.29 is 8.42 Å². The number of nitrogens with one attached hydrogen (secondary N) is 1. The van der Waals surface area contributed by atoms with Gasteiger partial charge in [-0.2, -0.15) is 0 Å². The molecule has 124 valence electrons. The normalized spacial score (nSPS) is 26.3. The van der Waals surface area contributed by atoms with E-state index in [1.807, 2.05) is 0 Å². The molecule has 0 unspecified atom stereocenters. The van der Waals surface area contributed by atoms with Gasteiger partial charge < -0.3 is 5.32 Å². The molecule has 1 N–H and O–H groups in total. The van der Waals surface area contributed by atoms with Crippen LogP contribution in [-0.2, 0) is 9.84 Å². The summed E-state index contributed by atoms with van der Waals surface area (Å²) in [6.45, 7) is 10.6. The summed E-state index contributed by atoms with van der Waals surface area (Å²) in [5, 5.41) is 3.51. The molecule has 0 amide bonds. The lowest BCUT2D eigenvalue weighted by Crippen LogP contribution is -2.69. The fourth-order valence-corrected chi connectivity index (χ4v) is 4.52. The molecule has 0 radical (unpaired) electrons. The minimum Gasteiger partial charge on any atom is -0.308 e. The largest absolute Gasteiger partial charge is 0.308 e. The van der Waals surface area contributed by atoms with Crippen molar-refractivity contribution in [2.75, 3.05) is 25.4 Å². The van der Waals surface area contributed by atoms with Crippen molar-refractivity contribution in [3.63, 3.8) is 0 Å². The second-order valence-corrected chi connectivity index (χ2v) is 10.5. The summed E-state index contributed by atoms with van der Waals surface area (Å²) in [4.78, 5) is 2.41. The Bertz CT molecular complexity index is 451. The summed E-state index contributed by atoms with van der Waals surface area (Å²) in [7, 11) is -2.95. The maximum Gasteiger partial charge on any atom is 0.153 e. The molecule has 21 heavy (non-hydrogen) atoms. The summed E-state index contributed by atoms with van der Waals surface area (Å²) in [5.74, 6) is 0.282. The average molecular weight is 317 g/mol. The zero-order valence-corrected chi connectivity index (χ0v) is 14.9. The van der Waals surface area contributed by atoms with Gasteiger partial charge in [-0.1, -0.05) is 19.3 Å². The smallest absolute Gasteiger partial charge is 0.153 e. The molecule has 0 aromatic heterocycles. The minimum absolute atomic E-state index is 0.0369. The SMILES string of the molecule is CC(C)S(=O)(=O)CCN1CC2(CCCCC2)NCC1(C)C. The van der Waals surface area contributed by atoms with E-state index in [2.05, 4.69) is 24.1 Å². The molecule has 1 aliphatic carbocycles. The second kappa shape index (κ2) is 6.17. The highest BCUT2D eigenvalue weighted by Gasteiger charge is 2.43. The first-order valence-electron chi connectivity index (χ1n) is 8.39. The standard InChI is InChI=1S/C16H32N2O2S/c1-14(2)21(19,20)11-10-18-13-16(8-6-5-7-9-16)17-12-15(18,3)4/h14,17H,5-13H2,1-4H3. The number of hydrogen-bond donors (Lipinski definition) is 1. The maximum atomic E-state index is 12.1. The molecule has 2 aliphatic rings. The monoisotopic (exact) mass is 316 g/mol. The Hall–Kier alpha value is -0.130. The molecule has 2 rings (SSSR count). The third kappa shape index (κ3) is 3.99. The fourth-order valence-electron chi connectivity index (χ4n) is 3.57. The van der Waals surface area contributed by atoms with E-state index in [1.165, 1.54) is 32.1 Å². The number of rotatable bonds is 4. The molecule has 2 fully saturated rings. The van der Waals surface area contributed by atoms with Gasteiger partial charge in [-0.15, -0.1) is 0 Å². The average Bonchev–Trinajstić information content (AvgIpc) is 2.41. The van der Waals surface area contributed by atoms with Crippen LogP contribution in [0.25, 0.3) is 0 Å². The summed E-state index contributed by atoms with van der Waals surface area (Å²) >= 11 is 0. The first kappa shape index (κ1) is 17.2. The summed E-state index contributed by atoms with van der Waals surface area (Å²) in [6, 6.07) is 0. The molecule has 0 atom stereocenters. The molecule has 4 nitrogen and oxygen atoms in total. The van der Waals surface area contributed by atoms with E-state index >= 15 is 0 Å². The number of hydrogen-bond acceptors (Lipinski definition) is 4. The lowest BCUT2D eigenvalue weighted by Gasteiger charge is -2.53. The first-order chi connectivity index (χ1) is 9.67. The zero-order valence-electron chi connectivity index (χ0n) is 14.1. The Morgan fingerprint density at radius 2 is 1.76 bits per heavy atom. The van der Waals surface area contributed by atoms with Gasteiger partial charge in [-0.25, -0.2) is 8.42 Å². The van der Waals surface area contributed by atoms with Gasteiger partial charge >= 0.3 is 0 Å². The highest BCUT2D eigenvalue weighted by Crippen LogP contribution is 2.34. The van der Waals surface area contributed by atoms with Crippen LogP contribution in [0.15, 0.2) is 0 Å². The van der Waals surface area contributed by atoms with E-state index in [9.17, 15) is 8.42 Å². The highest BCUT2D eigenvalue weighted by atomic mass is 32.2. The van der Waals surface area contributed by atoms with Gasteiger partial charge in [0.05, 0.1) is 11.0 Å². The van der Waals surface area contributed by atoms with Crippen molar-refractivity contribution in [2.45, 2.75) is 76.1 Å². The van der Waals surface area contributed by atoms with Crippen molar-refractivity contribution in [3.8, 4) is 0 Å². The van der Waals surface area contributed by atoms with E-state index in [-0.39, 0.29) is 22.1 Å². The van der Waals surface area contributed by atoms with Crippen LogP contribution in [0.5, 0.6) is 0 Å². The van der Waals surface area contributed by atoms with Crippen molar-refractivity contribution in [2.24, 2.45) is 0 Å². The molecular weight excluding hydrogens is 284 g/mol. The minimum atomic E-state index is -2.95. The fraction of sp³-hybridized carbons (Fsp3) is 1.00. The number of sulfone groups is 1. The van der Waals surface area contributed by atoms with E-state index in [1.54, 1.807) is 13.8 Å². The molecular formula is C16H32N2O2S. The van der Waals surface area contributed by atoms with Crippen LogP contribution in [0, 0.1) is 0 Å². The lowest BCUT2D eigenvalue weighted by molar-refractivity contribution is 0.0153.